The van der Waals surface area contributed by atoms with Crippen LogP contribution in [0.3, 0.4) is 0 Å². The van der Waals surface area contributed by atoms with Gasteiger partial charge in [-0.15, -0.1) is 49.6 Å². The Labute approximate surface area is 139 Å². The first kappa shape index (κ1) is 30.2. The minimum absolute atomic E-state index is 0. The molecule has 0 nitrogen and oxygen atoms in total. The Balaban J connectivity index is -0.0000000540. The van der Waals surface area contributed by atoms with Crippen LogP contribution in [-0.2, 0) is 21.1 Å². The number of hydrogen-bond acceptors (Lipinski definition) is 3. The summed E-state index contributed by atoms with van der Waals surface area (Å²) >= 11 is 6.30. The molecule has 0 aromatic heterocycles. The molecule has 0 saturated carbocycles. The fraction of sp³-hybridized carbons (Fsp3) is 1.00. The summed E-state index contributed by atoms with van der Waals surface area (Å²) in [5, 5.41) is 0. The fourth-order valence-corrected chi connectivity index (χ4v) is 4.10. The van der Waals surface area contributed by atoms with Crippen LogP contribution in [0.15, 0.2) is 0 Å². The van der Waals surface area contributed by atoms with E-state index in [4.69, 9.17) is 0 Å². The van der Waals surface area contributed by atoms with Gasteiger partial charge in [-0.3, -0.25) is 0 Å². The molecule has 1 aliphatic heterocycles. The van der Waals surface area contributed by atoms with Crippen molar-refractivity contribution in [2.24, 2.45) is 0 Å². The van der Waals surface area contributed by atoms with E-state index in [2.05, 4.69) is 35.3 Å². The third kappa shape index (κ3) is 20.3. The van der Waals surface area contributed by atoms with Crippen molar-refractivity contribution in [1.29, 1.82) is 0 Å². The van der Waals surface area contributed by atoms with E-state index in [1.165, 1.54) is 34.5 Å². The van der Waals surface area contributed by atoms with E-state index in [9.17, 15) is 0 Å². The average Bonchev–Trinajstić information content (AvgIpc) is 2.00. The summed E-state index contributed by atoms with van der Waals surface area (Å²) in [6.07, 6.45) is 0. The van der Waals surface area contributed by atoms with Crippen molar-refractivity contribution >= 4 is 84.9 Å². The van der Waals surface area contributed by atoms with E-state index < -0.39 is 0 Å². The number of rotatable bonds is 0. The largest absolute Gasteiger partial charge is 0.160 e. The normalized spacial score (nSPS) is 15.4. The molecular formula is C6H16Cl4PtS3. The molecule has 0 N–H and O–H groups in total. The van der Waals surface area contributed by atoms with Gasteiger partial charge in [0.05, 0.1) is 0 Å². The first-order chi connectivity index (χ1) is 4.50. The van der Waals surface area contributed by atoms with Crippen LogP contribution in [-0.4, -0.2) is 34.5 Å². The summed E-state index contributed by atoms with van der Waals surface area (Å²) in [6.45, 7) is 0. The summed E-state index contributed by atoms with van der Waals surface area (Å²) in [4.78, 5) is 0. The Morgan fingerprint density at radius 2 is 0.571 bits per heavy atom. The van der Waals surface area contributed by atoms with Gasteiger partial charge in [-0.2, -0.15) is 35.3 Å². The SMILES string of the molecule is C1CSCCSCCS1.Cl.Cl.Cl.Cl.[Pt]. The van der Waals surface area contributed by atoms with Crippen LogP contribution in [0.2, 0.25) is 0 Å². The van der Waals surface area contributed by atoms with Crippen LogP contribution in [0, 0.1) is 0 Å². The molecule has 1 heterocycles. The second-order valence-corrected chi connectivity index (χ2v) is 5.51. The first-order valence-electron chi connectivity index (χ1n) is 3.23. The van der Waals surface area contributed by atoms with Crippen molar-refractivity contribution in [1.82, 2.24) is 0 Å². The van der Waals surface area contributed by atoms with Gasteiger partial charge >= 0.3 is 0 Å². The van der Waals surface area contributed by atoms with Gasteiger partial charge in [0.1, 0.15) is 0 Å². The number of hydrogen-bond donors (Lipinski definition) is 0. The summed E-state index contributed by atoms with van der Waals surface area (Å²) in [7, 11) is 0. The topological polar surface area (TPSA) is 0 Å². The molecule has 96 valence electrons. The summed E-state index contributed by atoms with van der Waals surface area (Å²) in [5.41, 5.74) is 0. The van der Waals surface area contributed by atoms with Crippen LogP contribution in [0.25, 0.3) is 0 Å². The molecule has 1 aliphatic rings. The number of halogens is 4. The van der Waals surface area contributed by atoms with Crippen LogP contribution < -0.4 is 0 Å². The average molecular weight is 521 g/mol. The predicted octanol–water partition coefficient (Wildman–Crippen LogP) is 3.88. The molecule has 0 amide bonds. The second kappa shape index (κ2) is 24.9. The molecule has 8 heteroatoms. The van der Waals surface area contributed by atoms with E-state index in [0.29, 0.717) is 0 Å². The molecular weight excluding hydrogens is 505 g/mol. The van der Waals surface area contributed by atoms with Gasteiger partial charge < -0.3 is 0 Å². The molecule has 1 saturated heterocycles. The van der Waals surface area contributed by atoms with Gasteiger partial charge in [-0.25, -0.2) is 0 Å². The zero-order chi connectivity index (χ0) is 6.36. The van der Waals surface area contributed by atoms with Crippen LogP contribution in [0.4, 0.5) is 0 Å². The maximum absolute atomic E-state index is 2.10. The Bertz CT molecular complexity index is 53.6. The van der Waals surface area contributed by atoms with Gasteiger partial charge in [0, 0.05) is 55.6 Å². The molecule has 0 atom stereocenters. The van der Waals surface area contributed by atoms with E-state index in [1.807, 2.05) is 0 Å². The van der Waals surface area contributed by atoms with Gasteiger partial charge in [0.15, 0.2) is 0 Å². The van der Waals surface area contributed by atoms with Crippen LogP contribution in [0.1, 0.15) is 0 Å². The van der Waals surface area contributed by atoms with E-state index in [0.717, 1.165) is 0 Å². The fourth-order valence-electron chi connectivity index (χ4n) is 0.660. The molecule has 0 aliphatic carbocycles. The minimum atomic E-state index is 0. The Morgan fingerprint density at radius 3 is 0.714 bits per heavy atom. The molecule has 14 heavy (non-hydrogen) atoms. The molecule has 1 rings (SSSR count). The summed E-state index contributed by atoms with van der Waals surface area (Å²) in [6, 6.07) is 0. The van der Waals surface area contributed by atoms with Gasteiger partial charge in [-0.05, 0) is 0 Å². The zero-order valence-electron chi connectivity index (χ0n) is 7.42. The Kier molecular flexibility index (Phi) is 53.7. The second-order valence-electron chi connectivity index (χ2n) is 1.84. The Hall–Kier alpha value is 2.90. The standard InChI is InChI=1S/C6H12S3.4ClH.Pt/c1-2-8-5-6-9-4-3-7-1;;;;;/h1-6H2;4*1H;. The van der Waals surface area contributed by atoms with Gasteiger partial charge in [-0.1, -0.05) is 0 Å². The third-order valence-electron chi connectivity index (χ3n) is 1.12. The first-order valence-corrected chi connectivity index (χ1v) is 6.70. The van der Waals surface area contributed by atoms with E-state index in [-0.39, 0.29) is 70.7 Å². The molecule has 0 radical (unpaired) electrons. The van der Waals surface area contributed by atoms with Crippen molar-refractivity contribution in [3.05, 3.63) is 0 Å². The summed E-state index contributed by atoms with van der Waals surface area (Å²) in [5.74, 6) is 8.20. The van der Waals surface area contributed by atoms with E-state index in [1.54, 1.807) is 0 Å². The molecule has 0 spiro atoms. The number of thioether (sulfide) groups is 3. The van der Waals surface area contributed by atoms with Gasteiger partial charge in [0.2, 0.25) is 0 Å². The van der Waals surface area contributed by atoms with Crippen molar-refractivity contribution in [3.8, 4) is 0 Å². The van der Waals surface area contributed by atoms with Crippen LogP contribution in [0.5, 0.6) is 0 Å². The van der Waals surface area contributed by atoms with Gasteiger partial charge in [0.25, 0.3) is 0 Å². The van der Waals surface area contributed by atoms with Crippen molar-refractivity contribution in [3.63, 3.8) is 0 Å². The predicted molar refractivity (Wildman–Crippen MR) is 81.0 cm³/mol. The smallest absolute Gasteiger partial charge is 0.00238 e. The van der Waals surface area contributed by atoms with E-state index >= 15 is 0 Å². The minimum Gasteiger partial charge on any atom is -0.160 e. The molecule has 0 aromatic carbocycles. The zero-order valence-corrected chi connectivity index (χ0v) is 15.4. The van der Waals surface area contributed by atoms with Crippen LogP contribution >= 0.6 is 84.9 Å². The maximum atomic E-state index is 2.10. The van der Waals surface area contributed by atoms with Crippen molar-refractivity contribution < 1.29 is 21.1 Å². The van der Waals surface area contributed by atoms with Crippen molar-refractivity contribution in [2.75, 3.05) is 34.5 Å². The quantitative estimate of drug-likeness (QED) is 0.475. The molecule has 0 bridgehead atoms. The molecule has 0 unspecified atom stereocenters. The molecule has 1 fully saturated rings. The molecule has 0 aromatic rings. The monoisotopic (exact) mass is 519 g/mol. The summed E-state index contributed by atoms with van der Waals surface area (Å²) < 4.78 is 0. The third-order valence-corrected chi connectivity index (χ3v) is 4.85. The maximum Gasteiger partial charge on any atom is 0.00238 e. The van der Waals surface area contributed by atoms with Crippen molar-refractivity contribution in [2.45, 2.75) is 0 Å². The Morgan fingerprint density at radius 1 is 0.429 bits per heavy atom.